The van der Waals surface area contributed by atoms with Gasteiger partial charge in [0, 0.05) is 16.8 Å². The molecule has 6 nitrogen and oxygen atoms in total. The Labute approximate surface area is 161 Å². The molecule has 0 saturated heterocycles. The van der Waals surface area contributed by atoms with Gasteiger partial charge in [-0.2, -0.15) is 0 Å². The smallest absolute Gasteiger partial charge is 0.342 e. The quantitative estimate of drug-likeness (QED) is 0.506. The molecule has 0 radical (unpaired) electrons. The SMILES string of the molecule is O=C(COC(=O)c1ccccc1O)c1ccc(NC(=O)c2ccccc2)cc1. The summed E-state index contributed by atoms with van der Waals surface area (Å²) in [6.45, 7) is -0.455. The van der Waals surface area contributed by atoms with Gasteiger partial charge in [-0.25, -0.2) is 4.79 Å². The molecule has 0 aliphatic rings. The molecule has 0 saturated carbocycles. The van der Waals surface area contributed by atoms with Crippen molar-refractivity contribution in [3.8, 4) is 5.75 Å². The van der Waals surface area contributed by atoms with Crippen LogP contribution in [-0.2, 0) is 4.74 Å². The molecule has 0 atom stereocenters. The van der Waals surface area contributed by atoms with Gasteiger partial charge >= 0.3 is 5.97 Å². The lowest BCUT2D eigenvalue weighted by atomic mass is 10.1. The summed E-state index contributed by atoms with van der Waals surface area (Å²) >= 11 is 0. The Balaban J connectivity index is 1.57. The van der Waals surface area contributed by atoms with E-state index in [0.717, 1.165) is 0 Å². The van der Waals surface area contributed by atoms with Crippen molar-refractivity contribution in [2.45, 2.75) is 0 Å². The summed E-state index contributed by atoms with van der Waals surface area (Å²) in [6, 6.07) is 21.0. The molecule has 1 amide bonds. The third kappa shape index (κ3) is 4.62. The summed E-state index contributed by atoms with van der Waals surface area (Å²) in [5.41, 5.74) is 1.40. The van der Waals surface area contributed by atoms with Crippen molar-refractivity contribution < 1.29 is 24.2 Å². The number of ketones is 1. The van der Waals surface area contributed by atoms with Crippen molar-refractivity contribution in [3.63, 3.8) is 0 Å². The molecule has 0 heterocycles. The van der Waals surface area contributed by atoms with Crippen molar-refractivity contribution in [1.82, 2.24) is 0 Å². The summed E-state index contributed by atoms with van der Waals surface area (Å²) in [6.07, 6.45) is 0. The van der Waals surface area contributed by atoms with Crippen LogP contribution in [0, 0.1) is 0 Å². The van der Waals surface area contributed by atoms with Crippen LogP contribution in [0.1, 0.15) is 31.1 Å². The van der Waals surface area contributed by atoms with Gasteiger partial charge in [0.05, 0.1) is 0 Å². The van der Waals surface area contributed by atoms with Crippen LogP contribution < -0.4 is 5.32 Å². The topological polar surface area (TPSA) is 92.7 Å². The predicted octanol–water partition coefficient (Wildman–Crippen LogP) is 3.68. The number of carbonyl (C=O) groups excluding carboxylic acids is 3. The van der Waals surface area contributed by atoms with E-state index in [1.54, 1.807) is 48.5 Å². The highest BCUT2D eigenvalue weighted by Gasteiger charge is 2.15. The number of carbonyl (C=O) groups is 3. The minimum Gasteiger partial charge on any atom is -0.507 e. The molecule has 3 aromatic carbocycles. The Hall–Kier alpha value is -3.93. The Kier molecular flexibility index (Phi) is 5.81. The molecule has 6 heteroatoms. The largest absolute Gasteiger partial charge is 0.507 e. The van der Waals surface area contributed by atoms with E-state index in [4.69, 9.17) is 4.74 Å². The van der Waals surface area contributed by atoms with Crippen molar-refractivity contribution in [3.05, 3.63) is 95.6 Å². The number of amides is 1. The van der Waals surface area contributed by atoms with Gasteiger partial charge in [0.25, 0.3) is 5.91 Å². The van der Waals surface area contributed by atoms with Gasteiger partial charge in [-0.3, -0.25) is 9.59 Å². The lowest BCUT2D eigenvalue weighted by Crippen LogP contribution is -2.15. The summed E-state index contributed by atoms with van der Waals surface area (Å²) in [7, 11) is 0. The predicted molar refractivity (Wildman–Crippen MR) is 104 cm³/mol. The van der Waals surface area contributed by atoms with Crippen LogP contribution in [0.4, 0.5) is 5.69 Å². The highest BCUT2D eigenvalue weighted by Crippen LogP contribution is 2.17. The van der Waals surface area contributed by atoms with Gasteiger partial charge in [0.15, 0.2) is 12.4 Å². The first kappa shape index (κ1) is 18.8. The number of nitrogens with one attached hydrogen (secondary N) is 1. The van der Waals surface area contributed by atoms with Crippen molar-refractivity contribution in [2.24, 2.45) is 0 Å². The molecule has 0 aliphatic heterocycles. The van der Waals surface area contributed by atoms with Crippen molar-refractivity contribution in [2.75, 3.05) is 11.9 Å². The molecule has 3 aromatic rings. The highest BCUT2D eigenvalue weighted by atomic mass is 16.5. The maximum absolute atomic E-state index is 12.2. The molecule has 0 fully saturated rings. The third-order valence-electron chi connectivity index (χ3n) is 3.96. The number of Topliss-reactive ketones (excluding diaryl/α,β-unsaturated/α-hetero) is 1. The number of ether oxygens (including phenoxy) is 1. The fraction of sp³-hybridized carbons (Fsp3) is 0.0455. The van der Waals surface area contributed by atoms with Gasteiger partial charge in [-0.1, -0.05) is 30.3 Å². The second kappa shape index (κ2) is 8.64. The number of phenolic OH excluding ortho intramolecular Hbond substituents is 1. The second-order valence-corrected chi connectivity index (χ2v) is 5.91. The number of aromatic hydroxyl groups is 1. The number of hydrogen-bond donors (Lipinski definition) is 2. The molecule has 0 spiro atoms. The maximum Gasteiger partial charge on any atom is 0.342 e. The van der Waals surface area contributed by atoms with Crippen LogP contribution in [0.15, 0.2) is 78.9 Å². The summed E-state index contributed by atoms with van der Waals surface area (Å²) in [5, 5.41) is 12.4. The van der Waals surface area contributed by atoms with Crippen LogP contribution in [0.5, 0.6) is 5.75 Å². The van der Waals surface area contributed by atoms with E-state index in [0.29, 0.717) is 16.8 Å². The van der Waals surface area contributed by atoms with E-state index < -0.39 is 18.4 Å². The van der Waals surface area contributed by atoms with Gasteiger partial charge in [0.1, 0.15) is 11.3 Å². The van der Waals surface area contributed by atoms with E-state index >= 15 is 0 Å². The molecule has 0 aliphatic carbocycles. The fourth-order valence-corrected chi connectivity index (χ4v) is 2.47. The number of anilines is 1. The summed E-state index contributed by atoms with van der Waals surface area (Å²) < 4.78 is 4.96. The van der Waals surface area contributed by atoms with Crippen molar-refractivity contribution in [1.29, 1.82) is 0 Å². The molecule has 0 unspecified atom stereocenters. The third-order valence-corrected chi connectivity index (χ3v) is 3.96. The first-order valence-corrected chi connectivity index (χ1v) is 8.49. The number of phenols is 1. The molecule has 2 N–H and O–H groups in total. The Morgan fingerprint density at radius 2 is 1.43 bits per heavy atom. The number of esters is 1. The standard InChI is InChI=1S/C22H17NO5/c24-19-9-5-4-8-18(19)22(27)28-14-20(25)15-10-12-17(13-11-15)23-21(26)16-6-2-1-3-7-16/h1-13,24H,14H2,(H,23,26). The van der Waals surface area contributed by atoms with Gasteiger partial charge in [-0.15, -0.1) is 0 Å². The second-order valence-electron chi connectivity index (χ2n) is 5.91. The number of para-hydroxylation sites is 1. The first-order valence-electron chi connectivity index (χ1n) is 8.49. The highest BCUT2D eigenvalue weighted by molar-refractivity contribution is 6.05. The normalized spacial score (nSPS) is 10.1. The van der Waals surface area contributed by atoms with E-state index in [9.17, 15) is 19.5 Å². The van der Waals surface area contributed by atoms with Crippen LogP contribution in [0.3, 0.4) is 0 Å². The fourth-order valence-electron chi connectivity index (χ4n) is 2.47. The molecule has 3 rings (SSSR count). The lowest BCUT2D eigenvalue weighted by molar-refractivity contribution is 0.0472. The van der Waals surface area contributed by atoms with Crippen LogP contribution >= 0.6 is 0 Å². The van der Waals surface area contributed by atoms with Crippen LogP contribution in [0.25, 0.3) is 0 Å². The zero-order valence-electron chi connectivity index (χ0n) is 14.8. The molecule has 28 heavy (non-hydrogen) atoms. The van der Waals surface area contributed by atoms with Crippen LogP contribution in [0.2, 0.25) is 0 Å². The molecular formula is C22H17NO5. The van der Waals surface area contributed by atoms with E-state index in [1.165, 1.54) is 24.3 Å². The Morgan fingerprint density at radius 1 is 0.786 bits per heavy atom. The number of rotatable bonds is 6. The maximum atomic E-state index is 12.2. The zero-order valence-corrected chi connectivity index (χ0v) is 14.8. The first-order chi connectivity index (χ1) is 13.5. The number of hydrogen-bond acceptors (Lipinski definition) is 5. The molecular weight excluding hydrogens is 358 g/mol. The lowest BCUT2D eigenvalue weighted by Gasteiger charge is -2.08. The molecule has 0 bridgehead atoms. The van der Waals surface area contributed by atoms with Gasteiger partial charge < -0.3 is 15.2 Å². The van der Waals surface area contributed by atoms with E-state index in [-0.39, 0.29) is 17.2 Å². The zero-order chi connectivity index (χ0) is 19.9. The minimum atomic E-state index is -0.779. The van der Waals surface area contributed by atoms with Gasteiger partial charge in [0.2, 0.25) is 0 Å². The minimum absolute atomic E-state index is 0.00530. The molecule has 0 aromatic heterocycles. The monoisotopic (exact) mass is 375 g/mol. The average molecular weight is 375 g/mol. The summed E-state index contributed by atoms with van der Waals surface area (Å²) in [5.74, 6) is -1.64. The number of benzene rings is 3. The van der Waals surface area contributed by atoms with E-state index in [1.807, 2.05) is 6.07 Å². The Morgan fingerprint density at radius 3 is 2.11 bits per heavy atom. The van der Waals surface area contributed by atoms with Gasteiger partial charge in [-0.05, 0) is 48.5 Å². The van der Waals surface area contributed by atoms with Crippen molar-refractivity contribution >= 4 is 23.3 Å². The molecule has 140 valence electrons. The Bertz CT molecular complexity index is 997. The van der Waals surface area contributed by atoms with Crippen LogP contribution in [-0.4, -0.2) is 29.4 Å². The average Bonchev–Trinajstić information content (AvgIpc) is 2.73. The summed E-state index contributed by atoms with van der Waals surface area (Å²) in [4.78, 5) is 36.2. The van der Waals surface area contributed by atoms with E-state index in [2.05, 4.69) is 5.32 Å².